The molecule has 2 aromatic carbocycles. The molecule has 0 saturated heterocycles. The van der Waals surface area contributed by atoms with Gasteiger partial charge in [0.1, 0.15) is 5.75 Å². The van der Waals surface area contributed by atoms with E-state index in [4.69, 9.17) is 10.5 Å². The summed E-state index contributed by atoms with van der Waals surface area (Å²) in [6.07, 6.45) is 0. The zero-order chi connectivity index (χ0) is 15.3. The van der Waals surface area contributed by atoms with E-state index in [0.717, 1.165) is 5.56 Å². The predicted octanol–water partition coefficient (Wildman–Crippen LogP) is 1.67. The maximum atomic E-state index is 12.4. The molecule has 6 heteroatoms. The van der Waals surface area contributed by atoms with Crippen molar-refractivity contribution < 1.29 is 13.2 Å². The second-order valence-corrected chi connectivity index (χ2v) is 6.21. The van der Waals surface area contributed by atoms with Gasteiger partial charge in [0.2, 0.25) is 10.0 Å². The number of benzene rings is 2. The van der Waals surface area contributed by atoms with Crippen LogP contribution in [0.15, 0.2) is 59.5 Å². The van der Waals surface area contributed by atoms with Gasteiger partial charge in [0.25, 0.3) is 0 Å². The van der Waals surface area contributed by atoms with Crippen LogP contribution in [-0.4, -0.2) is 22.1 Å². The lowest BCUT2D eigenvalue weighted by Crippen LogP contribution is -2.33. The van der Waals surface area contributed by atoms with Gasteiger partial charge in [-0.1, -0.05) is 30.3 Å². The molecular formula is C15H18N2O3S. The van der Waals surface area contributed by atoms with E-state index in [1.54, 1.807) is 12.1 Å². The number of hydrogen-bond acceptors (Lipinski definition) is 4. The molecule has 0 bridgehead atoms. The highest BCUT2D eigenvalue weighted by Gasteiger charge is 2.20. The molecule has 0 spiro atoms. The van der Waals surface area contributed by atoms with Gasteiger partial charge in [0, 0.05) is 6.54 Å². The molecule has 0 radical (unpaired) electrons. The van der Waals surface area contributed by atoms with Crippen molar-refractivity contribution in [2.24, 2.45) is 5.73 Å². The Kier molecular flexibility index (Phi) is 4.95. The summed E-state index contributed by atoms with van der Waals surface area (Å²) in [5.41, 5.74) is 6.52. The molecule has 2 rings (SSSR count). The molecule has 1 atom stereocenters. The zero-order valence-corrected chi connectivity index (χ0v) is 12.5. The summed E-state index contributed by atoms with van der Waals surface area (Å²) in [4.78, 5) is 0.178. The first kappa shape index (κ1) is 15.5. The second-order valence-electron chi connectivity index (χ2n) is 4.50. The van der Waals surface area contributed by atoms with Crippen molar-refractivity contribution >= 4 is 10.0 Å². The summed E-state index contributed by atoms with van der Waals surface area (Å²) >= 11 is 0. The van der Waals surface area contributed by atoms with Crippen LogP contribution in [-0.2, 0) is 10.0 Å². The number of ether oxygens (including phenoxy) is 1. The van der Waals surface area contributed by atoms with Crippen LogP contribution >= 0.6 is 0 Å². The Morgan fingerprint density at radius 1 is 1.10 bits per heavy atom. The van der Waals surface area contributed by atoms with Crippen LogP contribution in [0.1, 0.15) is 11.6 Å². The van der Waals surface area contributed by atoms with Crippen LogP contribution in [0.5, 0.6) is 5.75 Å². The van der Waals surface area contributed by atoms with Gasteiger partial charge < -0.3 is 10.5 Å². The van der Waals surface area contributed by atoms with Gasteiger partial charge in [-0.25, -0.2) is 13.1 Å². The molecule has 0 fully saturated rings. The fourth-order valence-corrected chi connectivity index (χ4v) is 3.19. The van der Waals surface area contributed by atoms with Gasteiger partial charge in [-0.3, -0.25) is 0 Å². The first-order valence-electron chi connectivity index (χ1n) is 6.48. The van der Waals surface area contributed by atoms with Crippen molar-refractivity contribution in [3.63, 3.8) is 0 Å². The van der Waals surface area contributed by atoms with E-state index in [9.17, 15) is 8.42 Å². The monoisotopic (exact) mass is 306 g/mol. The lowest BCUT2D eigenvalue weighted by molar-refractivity contribution is 0.414. The average molecular weight is 306 g/mol. The van der Waals surface area contributed by atoms with Gasteiger partial charge in [0.05, 0.1) is 18.0 Å². The number of rotatable bonds is 6. The molecule has 0 aliphatic heterocycles. The van der Waals surface area contributed by atoms with E-state index >= 15 is 0 Å². The van der Waals surface area contributed by atoms with Crippen LogP contribution in [0, 0.1) is 0 Å². The first-order chi connectivity index (χ1) is 10.1. The maximum Gasteiger partial charge on any atom is 0.241 e. The number of hydrogen-bond donors (Lipinski definition) is 2. The zero-order valence-electron chi connectivity index (χ0n) is 11.7. The highest BCUT2D eigenvalue weighted by Crippen LogP contribution is 2.19. The minimum Gasteiger partial charge on any atom is -0.497 e. The fourth-order valence-electron chi connectivity index (χ4n) is 1.95. The second kappa shape index (κ2) is 6.71. The van der Waals surface area contributed by atoms with E-state index in [0.29, 0.717) is 5.75 Å². The summed E-state index contributed by atoms with van der Waals surface area (Å²) in [7, 11) is -2.10. The third-order valence-corrected chi connectivity index (χ3v) is 4.59. The van der Waals surface area contributed by atoms with Crippen LogP contribution in [0.3, 0.4) is 0 Å². The van der Waals surface area contributed by atoms with Gasteiger partial charge in [0.15, 0.2) is 0 Å². The van der Waals surface area contributed by atoms with Gasteiger partial charge in [-0.05, 0) is 29.8 Å². The third kappa shape index (κ3) is 3.81. The Morgan fingerprint density at radius 2 is 1.71 bits per heavy atom. The molecule has 0 aliphatic rings. The highest BCUT2D eigenvalue weighted by atomic mass is 32.2. The number of nitrogens with two attached hydrogens (primary N) is 1. The number of sulfonamides is 1. The smallest absolute Gasteiger partial charge is 0.241 e. The van der Waals surface area contributed by atoms with Crippen molar-refractivity contribution in [1.29, 1.82) is 0 Å². The van der Waals surface area contributed by atoms with Crippen molar-refractivity contribution in [2.75, 3.05) is 13.7 Å². The SMILES string of the molecule is COc1ccc(S(=O)(=O)NC(CN)c2ccccc2)cc1. The van der Waals surface area contributed by atoms with Gasteiger partial charge >= 0.3 is 0 Å². The minimum absolute atomic E-state index is 0.178. The predicted molar refractivity (Wildman–Crippen MR) is 81.6 cm³/mol. The summed E-state index contributed by atoms with van der Waals surface area (Å²) < 4.78 is 32.4. The summed E-state index contributed by atoms with van der Waals surface area (Å²) in [5.74, 6) is 0.604. The molecule has 21 heavy (non-hydrogen) atoms. The van der Waals surface area contributed by atoms with E-state index in [-0.39, 0.29) is 11.4 Å². The highest BCUT2D eigenvalue weighted by molar-refractivity contribution is 7.89. The average Bonchev–Trinajstić information content (AvgIpc) is 2.53. The summed E-state index contributed by atoms with van der Waals surface area (Å²) in [6.45, 7) is 0.180. The first-order valence-corrected chi connectivity index (χ1v) is 7.96. The lowest BCUT2D eigenvalue weighted by atomic mass is 10.1. The molecule has 0 aliphatic carbocycles. The van der Waals surface area contributed by atoms with E-state index in [1.165, 1.54) is 19.2 Å². The van der Waals surface area contributed by atoms with E-state index < -0.39 is 16.1 Å². The lowest BCUT2D eigenvalue weighted by Gasteiger charge is -2.17. The molecule has 0 heterocycles. The molecule has 0 amide bonds. The molecule has 1 unspecified atom stereocenters. The molecule has 0 aromatic heterocycles. The van der Waals surface area contributed by atoms with Crippen LogP contribution < -0.4 is 15.2 Å². The van der Waals surface area contributed by atoms with Crippen LogP contribution in [0.2, 0.25) is 0 Å². The van der Waals surface area contributed by atoms with Crippen molar-refractivity contribution in [1.82, 2.24) is 4.72 Å². The van der Waals surface area contributed by atoms with E-state index in [2.05, 4.69) is 4.72 Å². The Hall–Kier alpha value is -1.89. The quantitative estimate of drug-likeness (QED) is 0.850. The third-order valence-electron chi connectivity index (χ3n) is 3.10. The summed E-state index contributed by atoms with van der Waals surface area (Å²) in [6, 6.07) is 15.0. The Labute approximate surface area is 124 Å². The Bertz CT molecular complexity index is 670. The molecule has 3 N–H and O–H groups in total. The number of methoxy groups -OCH3 is 1. The molecule has 0 saturated carbocycles. The minimum atomic E-state index is -3.63. The standard InChI is InChI=1S/C15H18N2O3S/c1-20-13-7-9-14(10-8-13)21(18,19)17-15(11-16)12-5-3-2-4-6-12/h2-10,15,17H,11,16H2,1H3. The molecule has 2 aromatic rings. The summed E-state index contributed by atoms with van der Waals surface area (Å²) in [5, 5.41) is 0. The molecular weight excluding hydrogens is 288 g/mol. The number of nitrogens with one attached hydrogen (secondary N) is 1. The maximum absolute atomic E-state index is 12.4. The topological polar surface area (TPSA) is 81.4 Å². The molecule has 5 nitrogen and oxygen atoms in total. The fraction of sp³-hybridized carbons (Fsp3) is 0.200. The van der Waals surface area contributed by atoms with Gasteiger partial charge in [-0.15, -0.1) is 0 Å². The van der Waals surface area contributed by atoms with Gasteiger partial charge in [-0.2, -0.15) is 0 Å². The van der Waals surface area contributed by atoms with Crippen molar-refractivity contribution in [2.45, 2.75) is 10.9 Å². The normalized spacial score (nSPS) is 12.9. The Balaban J connectivity index is 2.22. The van der Waals surface area contributed by atoms with E-state index in [1.807, 2.05) is 30.3 Å². The van der Waals surface area contributed by atoms with Crippen LogP contribution in [0.25, 0.3) is 0 Å². The Morgan fingerprint density at radius 3 is 2.24 bits per heavy atom. The van der Waals surface area contributed by atoms with Crippen LogP contribution in [0.4, 0.5) is 0 Å². The molecule has 112 valence electrons. The van der Waals surface area contributed by atoms with Crippen molar-refractivity contribution in [3.8, 4) is 5.75 Å². The largest absolute Gasteiger partial charge is 0.497 e. The van der Waals surface area contributed by atoms with Crippen molar-refractivity contribution in [3.05, 3.63) is 60.2 Å².